The molecule has 0 bridgehead atoms. The molecule has 1 aromatic heterocycles. The predicted molar refractivity (Wildman–Crippen MR) is 79.7 cm³/mol. The highest BCUT2D eigenvalue weighted by molar-refractivity contribution is 8.15. The summed E-state index contributed by atoms with van der Waals surface area (Å²) in [7, 11) is 0. The Morgan fingerprint density at radius 3 is 2.80 bits per heavy atom. The molecule has 1 aliphatic rings. The summed E-state index contributed by atoms with van der Waals surface area (Å²) in [4.78, 5) is 17.9. The highest BCUT2D eigenvalue weighted by Gasteiger charge is 2.31. The number of rotatable bonds is 2. The average molecular weight is 308 g/mol. The van der Waals surface area contributed by atoms with Gasteiger partial charge >= 0.3 is 0 Å². The van der Waals surface area contributed by atoms with Gasteiger partial charge in [-0.3, -0.25) is 4.79 Å². The lowest BCUT2D eigenvalue weighted by atomic mass is 10.3. The minimum Gasteiger partial charge on any atom is -0.360 e. The first kappa shape index (κ1) is 13.2. The molecule has 1 saturated heterocycles. The third kappa shape index (κ3) is 2.57. The quantitative estimate of drug-likeness (QED) is 0.853. The number of carbonyl (C=O) groups is 1. The second-order valence-corrected chi connectivity index (χ2v) is 5.56. The summed E-state index contributed by atoms with van der Waals surface area (Å²) in [5.41, 5.74) is 0.733. The Hall–Kier alpha value is -1.79. The third-order valence-electron chi connectivity index (χ3n) is 2.66. The number of anilines is 1. The van der Waals surface area contributed by atoms with E-state index in [1.54, 1.807) is 37.3 Å². The van der Waals surface area contributed by atoms with Crippen molar-refractivity contribution in [3.8, 4) is 0 Å². The van der Waals surface area contributed by atoms with Gasteiger partial charge in [0.25, 0.3) is 0 Å². The fourth-order valence-electron chi connectivity index (χ4n) is 1.75. The van der Waals surface area contributed by atoms with E-state index in [1.165, 1.54) is 16.7 Å². The van der Waals surface area contributed by atoms with Gasteiger partial charge in [0.2, 0.25) is 5.91 Å². The Balaban J connectivity index is 1.95. The van der Waals surface area contributed by atoms with Crippen molar-refractivity contribution in [2.24, 2.45) is 4.99 Å². The summed E-state index contributed by atoms with van der Waals surface area (Å²) in [6.45, 7) is 1.78. The maximum absolute atomic E-state index is 12.0. The van der Waals surface area contributed by atoms with Gasteiger partial charge in [-0.25, -0.2) is 9.89 Å². The van der Waals surface area contributed by atoms with Gasteiger partial charge in [0.15, 0.2) is 11.0 Å². The molecule has 102 valence electrons. The lowest BCUT2D eigenvalue weighted by Gasteiger charge is -2.11. The number of carbonyl (C=O) groups excluding carboxylic acids is 1. The summed E-state index contributed by atoms with van der Waals surface area (Å²) < 4.78 is 5.01. The molecule has 3 rings (SSSR count). The van der Waals surface area contributed by atoms with E-state index in [-0.39, 0.29) is 5.91 Å². The Kier molecular flexibility index (Phi) is 3.50. The van der Waals surface area contributed by atoms with Gasteiger partial charge in [-0.1, -0.05) is 28.5 Å². The Morgan fingerprint density at radius 2 is 2.15 bits per heavy atom. The van der Waals surface area contributed by atoms with E-state index in [0.717, 1.165) is 5.69 Å². The standard InChI is InChI=1S/C13H10ClN3O2S/c1-8-6-11(16-19-8)17-12(18)7-20-13(17)15-10-4-2-9(14)3-5-10/h2-6H,7H2,1H3. The average Bonchev–Trinajstić information content (AvgIpc) is 2.99. The molecule has 1 aliphatic heterocycles. The fourth-order valence-corrected chi connectivity index (χ4v) is 2.76. The fraction of sp³-hybridized carbons (Fsp3) is 0.154. The van der Waals surface area contributed by atoms with E-state index in [1.807, 2.05) is 0 Å². The topological polar surface area (TPSA) is 58.7 Å². The third-order valence-corrected chi connectivity index (χ3v) is 3.84. The summed E-state index contributed by atoms with van der Waals surface area (Å²) in [6.07, 6.45) is 0. The summed E-state index contributed by atoms with van der Waals surface area (Å²) in [6, 6.07) is 8.82. The van der Waals surface area contributed by atoms with Crippen molar-refractivity contribution in [3.05, 3.63) is 41.1 Å². The molecule has 0 aliphatic carbocycles. The molecule has 1 fully saturated rings. The Bertz CT molecular complexity index is 681. The molecular weight excluding hydrogens is 298 g/mol. The van der Waals surface area contributed by atoms with Crippen molar-refractivity contribution in [2.75, 3.05) is 10.7 Å². The normalized spacial score (nSPS) is 17.2. The number of halogens is 1. The number of nitrogens with zero attached hydrogens (tertiary/aromatic N) is 3. The molecule has 0 saturated carbocycles. The van der Waals surface area contributed by atoms with Crippen LogP contribution in [0, 0.1) is 6.92 Å². The molecule has 1 aromatic carbocycles. The zero-order valence-corrected chi connectivity index (χ0v) is 12.1. The van der Waals surface area contributed by atoms with Crippen molar-refractivity contribution < 1.29 is 9.32 Å². The number of thioether (sulfide) groups is 1. The molecule has 0 radical (unpaired) electrons. The van der Waals surface area contributed by atoms with E-state index < -0.39 is 0 Å². The highest BCUT2D eigenvalue weighted by Crippen LogP contribution is 2.28. The lowest BCUT2D eigenvalue weighted by molar-refractivity contribution is -0.115. The van der Waals surface area contributed by atoms with Gasteiger partial charge in [-0.15, -0.1) is 0 Å². The smallest absolute Gasteiger partial charge is 0.244 e. The molecule has 2 aromatic rings. The molecule has 0 atom stereocenters. The second kappa shape index (κ2) is 5.30. The van der Waals surface area contributed by atoms with Crippen LogP contribution in [0.2, 0.25) is 5.02 Å². The second-order valence-electron chi connectivity index (χ2n) is 4.18. The summed E-state index contributed by atoms with van der Waals surface area (Å²) in [5, 5.41) is 5.10. The van der Waals surface area contributed by atoms with Gasteiger partial charge in [0.05, 0.1) is 11.4 Å². The number of amides is 1. The number of aromatic nitrogens is 1. The van der Waals surface area contributed by atoms with Gasteiger partial charge in [-0.05, 0) is 31.2 Å². The van der Waals surface area contributed by atoms with Crippen LogP contribution in [0.5, 0.6) is 0 Å². The first-order chi connectivity index (χ1) is 9.63. The van der Waals surface area contributed by atoms with Gasteiger partial charge < -0.3 is 4.52 Å². The minimum absolute atomic E-state index is 0.0592. The van der Waals surface area contributed by atoms with E-state index >= 15 is 0 Å². The van der Waals surface area contributed by atoms with Crippen molar-refractivity contribution in [1.29, 1.82) is 0 Å². The van der Waals surface area contributed by atoms with Crippen LogP contribution >= 0.6 is 23.4 Å². The van der Waals surface area contributed by atoms with Crippen LogP contribution in [0.25, 0.3) is 0 Å². The molecular formula is C13H10ClN3O2S. The molecule has 0 N–H and O–H groups in total. The molecule has 5 nitrogen and oxygen atoms in total. The Morgan fingerprint density at radius 1 is 1.40 bits per heavy atom. The molecule has 2 heterocycles. The number of aliphatic imine (C=N–C) groups is 1. The minimum atomic E-state index is -0.0592. The number of amidine groups is 1. The molecule has 7 heteroatoms. The zero-order chi connectivity index (χ0) is 14.1. The van der Waals surface area contributed by atoms with E-state index in [4.69, 9.17) is 16.1 Å². The van der Waals surface area contributed by atoms with Crippen molar-refractivity contribution >= 4 is 45.9 Å². The highest BCUT2D eigenvalue weighted by atomic mass is 35.5. The van der Waals surface area contributed by atoms with E-state index in [0.29, 0.717) is 27.5 Å². The predicted octanol–water partition coefficient (Wildman–Crippen LogP) is 3.40. The number of benzene rings is 1. The maximum Gasteiger partial charge on any atom is 0.244 e. The van der Waals surface area contributed by atoms with Crippen LogP contribution in [0.4, 0.5) is 11.5 Å². The first-order valence-electron chi connectivity index (χ1n) is 5.87. The molecule has 0 unspecified atom stereocenters. The lowest BCUT2D eigenvalue weighted by Crippen LogP contribution is -2.29. The Labute approximate surface area is 124 Å². The van der Waals surface area contributed by atoms with Crippen LogP contribution in [0.3, 0.4) is 0 Å². The maximum atomic E-state index is 12.0. The van der Waals surface area contributed by atoms with Gasteiger partial charge in [0, 0.05) is 11.1 Å². The zero-order valence-electron chi connectivity index (χ0n) is 10.5. The molecule has 1 amide bonds. The van der Waals surface area contributed by atoms with E-state index in [9.17, 15) is 4.79 Å². The van der Waals surface area contributed by atoms with Crippen LogP contribution in [0.1, 0.15) is 5.76 Å². The SMILES string of the molecule is Cc1cc(N2C(=O)CSC2=Nc2ccc(Cl)cc2)no1. The van der Waals surface area contributed by atoms with Crippen molar-refractivity contribution in [1.82, 2.24) is 5.16 Å². The van der Waals surface area contributed by atoms with Crippen LogP contribution < -0.4 is 4.90 Å². The van der Waals surface area contributed by atoms with Gasteiger partial charge in [-0.2, -0.15) is 0 Å². The monoisotopic (exact) mass is 307 g/mol. The van der Waals surface area contributed by atoms with Crippen LogP contribution in [-0.4, -0.2) is 22.0 Å². The van der Waals surface area contributed by atoms with E-state index in [2.05, 4.69) is 10.1 Å². The number of aryl methyl sites for hydroxylation is 1. The van der Waals surface area contributed by atoms with Crippen molar-refractivity contribution in [3.63, 3.8) is 0 Å². The first-order valence-corrected chi connectivity index (χ1v) is 7.23. The number of hydrogen-bond donors (Lipinski definition) is 0. The molecule has 20 heavy (non-hydrogen) atoms. The van der Waals surface area contributed by atoms with Gasteiger partial charge in [0.1, 0.15) is 5.76 Å². The van der Waals surface area contributed by atoms with Crippen molar-refractivity contribution in [2.45, 2.75) is 6.92 Å². The van der Waals surface area contributed by atoms with Crippen LogP contribution in [-0.2, 0) is 4.79 Å². The van der Waals surface area contributed by atoms with Crippen LogP contribution in [0.15, 0.2) is 39.8 Å². The summed E-state index contributed by atoms with van der Waals surface area (Å²) >= 11 is 7.21. The number of hydrogen-bond acceptors (Lipinski definition) is 5. The summed E-state index contributed by atoms with van der Waals surface area (Å²) in [5.74, 6) is 1.40. The molecule has 0 spiro atoms. The largest absolute Gasteiger partial charge is 0.360 e.